The molecular formula is C21H35IN6O2S. The largest absolute Gasteiger partial charge is 0.493 e. The zero-order valence-corrected chi connectivity index (χ0v) is 22.4. The molecular weight excluding hydrogens is 527 g/mol. The van der Waals surface area contributed by atoms with Crippen LogP contribution in [-0.2, 0) is 13.0 Å². The molecule has 0 aliphatic heterocycles. The SMILES string of the molecule is CCOc1cc(NC(=NC)NCCCc2nnc(SC)n2CC(C)C)ccc1OC.I. The molecule has 2 rings (SSSR count). The first-order valence-corrected chi connectivity index (χ1v) is 11.5. The molecule has 0 saturated carbocycles. The van der Waals surface area contributed by atoms with Gasteiger partial charge in [0.25, 0.3) is 0 Å². The van der Waals surface area contributed by atoms with Crippen LogP contribution in [0.5, 0.6) is 11.5 Å². The second-order valence-electron chi connectivity index (χ2n) is 7.13. The molecule has 2 N–H and O–H groups in total. The maximum absolute atomic E-state index is 5.64. The normalized spacial score (nSPS) is 11.3. The van der Waals surface area contributed by atoms with Crippen molar-refractivity contribution in [1.82, 2.24) is 20.1 Å². The van der Waals surface area contributed by atoms with E-state index >= 15 is 0 Å². The molecule has 8 nitrogen and oxygen atoms in total. The average molecular weight is 563 g/mol. The van der Waals surface area contributed by atoms with Gasteiger partial charge in [-0.15, -0.1) is 34.2 Å². The van der Waals surface area contributed by atoms with Crippen molar-refractivity contribution in [2.45, 2.75) is 45.3 Å². The highest BCUT2D eigenvalue weighted by atomic mass is 127. The summed E-state index contributed by atoms with van der Waals surface area (Å²) in [6, 6.07) is 5.73. The topological polar surface area (TPSA) is 85.6 Å². The first kappa shape index (κ1) is 27.3. The van der Waals surface area contributed by atoms with Crippen LogP contribution >= 0.6 is 35.7 Å². The standard InChI is InChI=1S/C21H34N6O2S.HI/c1-7-29-18-13-16(10-11-17(18)28-5)24-20(22-4)23-12-8-9-19-25-26-21(30-6)27(19)14-15(2)3;/h10-11,13,15H,7-9,12,14H2,1-6H3,(H2,22,23,24);1H. The third kappa shape index (κ3) is 8.40. The summed E-state index contributed by atoms with van der Waals surface area (Å²) in [4.78, 5) is 4.31. The average Bonchev–Trinajstić information content (AvgIpc) is 3.11. The lowest BCUT2D eigenvalue weighted by atomic mass is 10.2. The van der Waals surface area contributed by atoms with Gasteiger partial charge in [0.2, 0.25) is 0 Å². The van der Waals surface area contributed by atoms with E-state index in [2.05, 4.69) is 44.2 Å². The Morgan fingerprint density at radius 3 is 2.65 bits per heavy atom. The second kappa shape index (κ2) is 14.4. The molecule has 0 aliphatic carbocycles. The molecule has 0 aliphatic rings. The number of aromatic nitrogens is 3. The molecule has 0 amide bonds. The molecule has 174 valence electrons. The van der Waals surface area contributed by atoms with Gasteiger partial charge in [-0.3, -0.25) is 4.99 Å². The van der Waals surface area contributed by atoms with E-state index in [0.717, 1.165) is 42.6 Å². The molecule has 1 heterocycles. The van der Waals surface area contributed by atoms with Gasteiger partial charge in [0, 0.05) is 38.3 Å². The minimum atomic E-state index is 0. The molecule has 10 heteroatoms. The summed E-state index contributed by atoms with van der Waals surface area (Å²) in [6.07, 6.45) is 3.83. The minimum absolute atomic E-state index is 0. The summed E-state index contributed by atoms with van der Waals surface area (Å²) in [5.74, 6) is 3.71. The third-order valence-corrected chi connectivity index (χ3v) is 5.01. The summed E-state index contributed by atoms with van der Waals surface area (Å²) in [7, 11) is 3.39. The van der Waals surface area contributed by atoms with Crippen LogP contribution in [0.15, 0.2) is 28.3 Å². The van der Waals surface area contributed by atoms with E-state index in [4.69, 9.17) is 9.47 Å². The van der Waals surface area contributed by atoms with Crippen LogP contribution < -0.4 is 20.1 Å². The van der Waals surface area contributed by atoms with Crippen molar-refractivity contribution in [1.29, 1.82) is 0 Å². The van der Waals surface area contributed by atoms with Crippen LogP contribution in [0.3, 0.4) is 0 Å². The fourth-order valence-corrected chi connectivity index (χ4v) is 3.52. The summed E-state index contributed by atoms with van der Waals surface area (Å²) in [5.41, 5.74) is 0.883. The van der Waals surface area contributed by atoms with E-state index in [1.54, 1.807) is 25.9 Å². The summed E-state index contributed by atoms with van der Waals surface area (Å²) >= 11 is 1.64. The van der Waals surface area contributed by atoms with Gasteiger partial charge in [0.1, 0.15) is 5.82 Å². The number of ether oxygens (including phenoxy) is 2. The number of hydrogen-bond acceptors (Lipinski definition) is 6. The number of anilines is 1. The van der Waals surface area contributed by atoms with Crippen molar-refractivity contribution >= 4 is 47.4 Å². The van der Waals surface area contributed by atoms with Crippen LogP contribution in [0.25, 0.3) is 0 Å². The number of benzene rings is 1. The molecule has 0 saturated heterocycles. The lowest BCUT2D eigenvalue weighted by Crippen LogP contribution is -2.31. The van der Waals surface area contributed by atoms with Crippen molar-refractivity contribution in [3.8, 4) is 11.5 Å². The van der Waals surface area contributed by atoms with Crippen molar-refractivity contribution in [2.24, 2.45) is 10.9 Å². The number of aryl methyl sites for hydroxylation is 1. The lowest BCUT2D eigenvalue weighted by Gasteiger charge is -2.15. The first-order valence-electron chi connectivity index (χ1n) is 10.3. The maximum Gasteiger partial charge on any atom is 0.195 e. The van der Waals surface area contributed by atoms with E-state index in [1.165, 1.54) is 0 Å². The van der Waals surface area contributed by atoms with Gasteiger partial charge in [-0.1, -0.05) is 25.6 Å². The predicted molar refractivity (Wildman–Crippen MR) is 140 cm³/mol. The van der Waals surface area contributed by atoms with E-state index in [-0.39, 0.29) is 24.0 Å². The molecule has 0 bridgehead atoms. The quantitative estimate of drug-likeness (QED) is 0.139. The molecule has 1 aromatic heterocycles. The van der Waals surface area contributed by atoms with E-state index < -0.39 is 0 Å². The lowest BCUT2D eigenvalue weighted by molar-refractivity contribution is 0.311. The highest BCUT2D eigenvalue weighted by Crippen LogP contribution is 2.30. The van der Waals surface area contributed by atoms with Crippen LogP contribution in [-0.4, -0.2) is 54.3 Å². The van der Waals surface area contributed by atoms with Crippen LogP contribution in [0.4, 0.5) is 5.69 Å². The van der Waals surface area contributed by atoms with Gasteiger partial charge in [0.05, 0.1) is 13.7 Å². The zero-order chi connectivity index (χ0) is 21.9. The van der Waals surface area contributed by atoms with Gasteiger partial charge >= 0.3 is 0 Å². The van der Waals surface area contributed by atoms with Crippen molar-refractivity contribution in [2.75, 3.05) is 38.9 Å². The molecule has 2 aromatic rings. The summed E-state index contributed by atoms with van der Waals surface area (Å²) in [5, 5.41) is 16.3. The van der Waals surface area contributed by atoms with Gasteiger partial charge in [-0.25, -0.2) is 0 Å². The number of methoxy groups -OCH3 is 1. The number of halogens is 1. The molecule has 0 atom stereocenters. The van der Waals surface area contributed by atoms with E-state index in [9.17, 15) is 0 Å². The number of thioether (sulfide) groups is 1. The Kier molecular flexibility index (Phi) is 12.7. The van der Waals surface area contributed by atoms with Gasteiger partial charge in [0.15, 0.2) is 22.6 Å². The fourth-order valence-electron chi connectivity index (χ4n) is 3.00. The Morgan fingerprint density at radius 2 is 2.03 bits per heavy atom. The molecule has 31 heavy (non-hydrogen) atoms. The maximum atomic E-state index is 5.64. The third-order valence-electron chi connectivity index (χ3n) is 4.34. The molecule has 0 radical (unpaired) electrons. The van der Waals surface area contributed by atoms with Crippen molar-refractivity contribution in [3.05, 3.63) is 24.0 Å². The van der Waals surface area contributed by atoms with Crippen molar-refractivity contribution in [3.63, 3.8) is 0 Å². The fraction of sp³-hybridized carbons (Fsp3) is 0.571. The van der Waals surface area contributed by atoms with Gasteiger partial charge in [-0.05, 0) is 37.7 Å². The highest BCUT2D eigenvalue weighted by molar-refractivity contribution is 14.0. The smallest absolute Gasteiger partial charge is 0.195 e. The number of nitrogens with one attached hydrogen (secondary N) is 2. The number of nitrogens with zero attached hydrogens (tertiary/aromatic N) is 4. The minimum Gasteiger partial charge on any atom is -0.493 e. The predicted octanol–water partition coefficient (Wildman–Crippen LogP) is 4.30. The molecule has 0 fully saturated rings. The Labute approximate surface area is 207 Å². The Morgan fingerprint density at radius 1 is 1.26 bits per heavy atom. The molecule has 0 unspecified atom stereocenters. The van der Waals surface area contributed by atoms with Crippen molar-refractivity contribution < 1.29 is 9.47 Å². The monoisotopic (exact) mass is 562 g/mol. The van der Waals surface area contributed by atoms with Crippen LogP contribution in [0, 0.1) is 5.92 Å². The number of rotatable bonds is 11. The number of hydrogen-bond donors (Lipinski definition) is 2. The summed E-state index contributed by atoms with van der Waals surface area (Å²) < 4.78 is 13.2. The second-order valence-corrected chi connectivity index (χ2v) is 7.91. The zero-order valence-electron chi connectivity index (χ0n) is 19.3. The van der Waals surface area contributed by atoms with Crippen LogP contribution in [0.1, 0.15) is 33.0 Å². The Hall–Kier alpha value is -1.69. The number of aliphatic imine (C=N–C) groups is 1. The Bertz CT molecular complexity index is 828. The van der Waals surface area contributed by atoms with E-state index in [1.807, 2.05) is 31.4 Å². The summed E-state index contributed by atoms with van der Waals surface area (Å²) in [6.45, 7) is 8.66. The highest BCUT2D eigenvalue weighted by Gasteiger charge is 2.12. The Balaban J connectivity index is 0.00000480. The van der Waals surface area contributed by atoms with Crippen LogP contribution in [0.2, 0.25) is 0 Å². The first-order chi connectivity index (χ1) is 14.5. The molecule has 0 spiro atoms. The van der Waals surface area contributed by atoms with Gasteiger partial charge < -0.3 is 24.7 Å². The van der Waals surface area contributed by atoms with E-state index in [0.29, 0.717) is 30.0 Å². The molecule has 1 aromatic carbocycles. The number of guanidine groups is 1. The van der Waals surface area contributed by atoms with Gasteiger partial charge in [-0.2, -0.15) is 0 Å².